The van der Waals surface area contributed by atoms with Gasteiger partial charge < -0.3 is 20.5 Å². The zero-order valence-electron chi connectivity index (χ0n) is 14.1. The zero-order valence-corrected chi connectivity index (χ0v) is 16.4. The number of rotatable bonds is 6. The number of ether oxygens (including phenoxy) is 2. The lowest BCUT2D eigenvalue weighted by Crippen LogP contribution is -2.41. The molecule has 1 atom stereocenters. The third-order valence-electron chi connectivity index (χ3n) is 4.35. The molecule has 1 heterocycles. The van der Waals surface area contributed by atoms with Crippen LogP contribution in [0.5, 0.6) is 5.75 Å². The first-order valence-corrected chi connectivity index (χ1v) is 8.28. The van der Waals surface area contributed by atoms with E-state index in [9.17, 15) is 0 Å². The van der Waals surface area contributed by atoms with Crippen molar-refractivity contribution >= 4 is 29.9 Å². The van der Waals surface area contributed by atoms with Crippen LogP contribution in [-0.2, 0) is 4.74 Å². The van der Waals surface area contributed by atoms with Crippen LogP contribution in [0, 0.1) is 0 Å². The molecule has 1 saturated heterocycles. The molecule has 1 aliphatic carbocycles. The lowest BCUT2D eigenvalue weighted by molar-refractivity contribution is 0.0180. The van der Waals surface area contributed by atoms with Crippen LogP contribution in [0.4, 0.5) is 0 Å². The quantitative estimate of drug-likeness (QED) is 0.396. The Bertz CT molecular complexity index is 528. The molecule has 6 nitrogen and oxygen atoms in total. The van der Waals surface area contributed by atoms with E-state index in [0.29, 0.717) is 18.5 Å². The first-order valence-electron chi connectivity index (χ1n) is 8.28. The molecule has 0 spiro atoms. The highest BCUT2D eigenvalue weighted by Crippen LogP contribution is 2.24. The molecule has 7 heteroatoms. The molecule has 3 rings (SSSR count). The topological polar surface area (TPSA) is 72.1 Å². The molecule has 0 aromatic heterocycles. The predicted molar refractivity (Wildman–Crippen MR) is 106 cm³/mol. The molecule has 3 N–H and O–H groups in total. The van der Waals surface area contributed by atoms with E-state index in [2.05, 4.69) is 27.3 Å². The van der Waals surface area contributed by atoms with Crippen molar-refractivity contribution in [3.8, 4) is 5.75 Å². The van der Waals surface area contributed by atoms with E-state index in [1.165, 1.54) is 18.4 Å². The summed E-state index contributed by atoms with van der Waals surface area (Å²) < 4.78 is 10.7. The lowest BCUT2D eigenvalue weighted by Gasteiger charge is -2.34. The number of aliphatic imine (C=N–C) groups is 1. The van der Waals surface area contributed by atoms with Gasteiger partial charge in [0.1, 0.15) is 5.75 Å². The largest absolute Gasteiger partial charge is 0.497 e. The van der Waals surface area contributed by atoms with E-state index >= 15 is 0 Å². The fraction of sp³-hybridized carbons (Fsp3) is 0.588. The summed E-state index contributed by atoms with van der Waals surface area (Å²) in [6.07, 6.45) is 2.39. The fourth-order valence-electron chi connectivity index (χ4n) is 2.81. The molecule has 0 radical (unpaired) electrons. The van der Waals surface area contributed by atoms with Gasteiger partial charge in [-0.05, 0) is 30.5 Å². The Morgan fingerprint density at radius 1 is 1.33 bits per heavy atom. The van der Waals surface area contributed by atoms with Crippen LogP contribution in [0.1, 0.15) is 24.4 Å². The Kier molecular flexibility index (Phi) is 7.57. The van der Waals surface area contributed by atoms with Crippen LogP contribution in [0.3, 0.4) is 0 Å². The summed E-state index contributed by atoms with van der Waals surface area (Å²) in [5.74, 6) is 1.42. The molecule has 1 saturated carbocycles. The third kappa shape index (κ3) is 5.49. The SMILES string of the molecule is COc1ccc(C(CN=C(N)NC2CC2)N2CCOCC2)cc1.I. The van der Waals surface area contributed by atoms with Gasteiger partial charge in [0.25, 0.3) is 0 Å². The Morgan fingerprint density at radius 3 is 2.58 bits per heavy atom. The minimum Gasteiger partial charge on any atom is -0.497 e. The molecule has 1 aromatic rings. The second kappa shape index (κ2) is 9.43. The van der Waals surface area contributed by atoms with Crippen molar-refractivity contribution in [1.29, 1.82) is 0 Å². The van der Waals surface area contributed by atoms with E-state index in [4.69, 9.17) is 15.2 Å². The number of methoxy groups -OCH3 is 1. The van der Waals surface area contributed by atoms with Gasteiger partial charge >= 0.3 is 0 Å². The highest BCUT2D eigenvalue weighted by Gasteiger charge is 2.24. The monoisotopic (exact) mass is 446 g/mol. The molecule has 2 aliphatic rings. The van der Waals surface area contributed by atoms with Crippen molar-refractivity contribution in [2.75, 3.05) is 40.0 Å². The summed E-state index contributed by atoms with van der Waals surface area (Å²) in [5.41, 5.74) is 7.22. The minimum atomic E-state index is 0. The average molecular weight is 446 g/mol. The number of morpholine rings is 1. The standard InChI is InChI=1S/C17H26N4O2.HI/c1-22-15-6-2-13(3-7-15)16(21-8-10-23-11-9-21)12-19-17(18)20-14-4-5-14;/h2-3,6-7,14,16H,4-5,8-12H2,1H3,(H3,18,19,20);1H. The van der Waals surface area contributed by atoms with Crippen LogP contribution >= 0.6 is 24.0 Å². The maximum Gasteiger partial charge on any atom is 0.188 e. The van der Waals surface area contributed by atoms with Crippen molar-refractivity contribution in [3.05, 3.63) is 29.8 Å². The van der Waals surface area contributed by atoms with E-state index in [1.807, 2.05) is 12.1 Å². The van der Waals surface area contributed by atoms with Gasteiger partial charge in [0.15, 0.2) is 5.96 Å². The number of nitrogens with one attached hydrogen (secondary N) is 1. The van der Waals surface area contributed by atoms with E-state index < -0.39 is 0 Å². The molecule has 1 aliphatic heterocycles. The number of hydrogen-bond donors (Lipinski definition) is 2. The molecule has 134 valence electrons. The van der Waals surface area contributed by atoms with Crippen LogP contribution in [0.2, 0.25) is 0 Å². The van der Waals surface area contributed by atoms with Crippen LogP contribution < -0.4 is 15.8 Å². The summed E-state index contributed by atoms with van der Waals surface area (Å²) in [4.78, 5) is 6.98. The van der Waals surface area contributed by atoms with Crippen molar-refractivity contribution in [3.63, 3.8) is 0 Å². The number of hydrogen-bond acceptors (Lipinski definition) is 4. The van der Waals surface area contributed by atoms with Gasteiger partial charge in [-0.3, -0.25) is 9.89 Å². The molecular formula is C17H27IN4O2. The second-order valence-electron chi connectivity index (χ2n) is 6.08. The van der Waals surface area contributed by atoms with Crippen molar-refractivity contribution in [1.82, 2.24) is 10.2 Å². The van der Waals surface area contributed by atoms with Gasteiger partial charge in [-0.1, -0.05) is 12.1 Å². The van der Waals surface area contributed by atoms with E-state index in [1.54, 1.807) is 7.11 Å². The molecule has 24 heavy (non-hydrogen) atoms. The first kappa shape index (κ1) is 19.3. The summed E-state index contributed by atoms with van der Waals surface area (Å²) in [7, 11) is 1.68. The second-order valence-corrected chi connectivity index (χ2v) is 6.08. The number of benzene rings is 1. The molecule has 1 aromatic carbocycles. The van der Waals surface area contributed by atoms with Gasteiger partial charge in [-0.25, -0.2) is 0 Å². The van der Waals surface area contributed by atoms with Crippen LogP contribution in [0.15, 0.2) is 29.3 Å². The van der Waals surface area contributed by atoms with Gasteiger partial charge in [0.05, 0.1) is 32.9 Å². The van der Waals surface area contributed by atoms with Crippen molar-refractivity contribution in [2.24, 2.45) is 10.7 Å². The number of nitrogens with two attached hydrogens (primary N) is 1. The van der Waals surface area contributed by atoms with Crippen molar-refractivity contribution < 1.29 is 9.47 Å². The van der Waals surface area contributed by atoms with E-state index in [-0.39, 0.29) is 30.0 Å². The zero-order chi connectivity index (χ0) is 16.1. The molecular weight excluding hydrogens is 419 g/mol. The normalized spacial score (nSPS) is 20.1. The number of halogens is 1. The van der Waals surface area contributed by atoms with Gasteiger partial charge in [0.2, 0.25) is 0 Å². The summed E-state index contributed by atoms with van der Waals surface area (Å²) in [5, 5.41) is 3.25. The first-order chi connectivity index (χ1) is 11.3. The Hall–Kier alpha value is -1.06. The lowest BCUT2D eigenvalue weighted by atomic mass is 10.0. The highest BCUT2D eigenvalue weighted by atomic mass is 127. The Labute approximate surface area is 160 Å². The maximum absolute atomic E-state index is 5.99. The molecule has 1 unspecified atom stereocenters. The van der Waals surface area contributed by atoms with Gasteiger partial charge in [-0.2, -0.15) is 0 Å². The smallest absolute Gasteiger partial charge is 0.188 e. The average Bonchev–Trinajstić information content (AvgIpc) is 3.40. The molecule has 0 amide bonds. The predicted octanol–water partition coefficient (Wildman–Crippen LogP) is 1.75. The minimum absolute atomic E-state index is 0. The molecule has 0 bridgehead atoms. The Balaban J connectivity index is 0.00000208. The fourth-order valence-corrected chi connectivity index (χ4v) is 2.81. The highest BCUT2D eigenvalue weighted by molar-refractivity contribution is 14.0. The summed E-state index contributed by atoms with van der Waals surface area (Å²) in [6.45, 7) is 4.03. The van der Waals surface area contributed by atoms with E-state index in [0.717, 1.165) is 32.1 Å². The van der Waals surface area contributed by atoms with Crippen LogP contribution in [0.25, 0.3) is 0 Å². The summed E-state index contributed by atoms with van der Waals surface area (Å²) >= 11 is 0. The number of guanidine groups is 1. The van der Waals surface area contributed by atoms with Gasteiger partial charge in [-0.15, -0.1) is 24.0 Å². The summed E-state index contributed by atoms with van der Waals surface area (Å²) in [6, 6.07) is 8.96. The van der Waals surface area contributed by atoms with Crippen molar-refractivity contribution in [2.45, 2.75) is 24.9 Å². The number of nitrogens with zero attached hydrogens (tertiary/aromatic N) is 2. The third-order valence-corrected chi connectivity index (χ3v) is 4.35. The molecule has 2 fully saturated rings. The van der Waals surface area contributed by atoms with Gasteiger partial charge in [0, 0.05) is 19.1 Å². The maximum atomic E-state index is 5.99. The Morgan fingerprint density at radius 2 is 2.00 bits per heavy atom. The van der Waals surface area contributed by atoms with Crippen LogP contribution in [-0.4, -0.2) is 56.9 Å².